The molecule has 0 atom stereocenters. The normalized spacial score (nSPS) is 9.67. The Bertz CT molecular complexity index is 399. The summed E-state index contributed by atoms with van der Waals surface area (Å²) < 4.78 is 5.30. The highest BCUT2D eigenvalue weighted by Crippen LogP contribution is 2.19. The number of carboxylic acid groups (broad SMARTS) is 1. The Balaban J connectivity index is 2.88. The van der Waals surface area contributed by atoms with Crippen LogP contribution >= 0.6 is 0 Å². The average Bonchev–Trinajstić information content (AvgIpc) is 2.13. The van der Waals surface area contributed by atoms with Gasteiger partial charge in [0.1, 0.15) is 12.4 Å². The van der Waals surface area contributed by atoms with Crippen LogP contribution < -0.4 is 10.5 Å². The van der Waals surface area contributed by atoms with Crippen molar-refractivity contribution >= 4 is 11.7 Å². The smallest absolute Gasteiger partial charge is 0.335 e. The Morgan fingerprint density at radius 2 is 2.20 bits per heavy atom. The van der Waals surface area contributed by atoms with Gasteiger partial charge >= 0.3 is 5.97 Å². The van der Waals surface area contributed by atoms with Crippen molar-refractivity contribution in [2.45, 2.75) is 6.92 Å². The summed E-state index contributed by atoms with van der Waals surface area (Å²) in [5.74, 6) is -0.585. The number of benzene rings is 1. The first-order valence-corrected chi connectivity index (χ1v) is 4.40. The third-order valence-corrected chi connectivity index (χ3v) is 1.66. The Morgan fingerprint density at radius 1 is 1.53 bits per heavy atom. The van der Waals surface area contributed by atoms with Crippen LogP contribution in [0, 0.1) is 0 Å². The molecule has 15 heavy (non-hydrogen) atoms. The van der Waals surface area contributed by atoms with Crippen molar-refractivity contribution in [1.82, 2.24) is 0 Å². The summed E-state index contributed by atoms with van der Waals surface area (Å²) in [7, 11) is 0. The highest BCUT2D eigenvalue weighted by atomic mass is 16.5. The average molecular weight is 207 g/mol. The first-order chi connectivity index (χ1) is 6.99. The van der Waals surface area contributed by atoms with Gasteiger partial charge in [0.05, 0.1) is 5.56 Å². The molecule has 4 nitrogen and oxygen atoms in total. The number of hydrogen-bond donors (Lipinski definition) is 2. The van der Waals surface area contributed by atoms with Crippen LogP contribution in [0.5, 0.6) is 5.75 Å². The summed E-state index contributed by atoms with van der Waals surface area (Å²) >= 11 is 0. The van der Waals surface area contributed by atoms with Crippen LogP contribution in [0.4, 0.5) is 5.69 Å². The molecular weight excluding hydrogens is 194 g/mol. The summed E-state index contributed by atoms with van der Waals surface area (Å²) in [5.41, 5.74) is 6.88. The number of nitrogens with two attached hydrogens (primary N) is 1. The second-order valence-corrected chi connectivity index (χ2v) is 3.34. The molecule has 0 bridgehead atoms. The molecule has 0 heterocycles. The number of nitrogen functional groups attached to an aromatic ring is 1. The lowest BCUT2D eigenvalue weighted by Gasteiger charge is -2.07. The third-order valence-electron chi connectivity index (χ3n) is 1.66. The number of hydrogen-bond acceptors (Lipinski definition) is 3. The van der Waals surface area contributed by atoms with Crippen molar-refractivity contribution in [3.8, 4) is 5.75 Å². The maximum Gasteiger partial charge on any atom is 0.335 e. The van der Waals surface area contributed by atoms with E-state index in [2.05, 4.69) is 6.58 Å². The molecule has 0 unspecified atom stereocenters. The van der Waals surface area contributed by atoms with E-state index in [9.17, 15) is 4.79 Å². The van der Waals surface area contributed by atoms with Crippen molar-refractivity contribution in [3.05, 3.63) is 35.9 Å². The van der Waals surface area contributed by atoms with Crippen molar-refractivity contribution in [2.75, 3.05) is 12.3 Å². The predicted octanol–water partition coefficient (Wildman–Crippen LogP) is 1.92. The zero-order valence-corrected chi connectivity index (χ0v) is 8.49. The second kappa shape index (κ2) is 4.50. The first kappa shape index (κ1) is 11.1. The van der Waals surface area contributed by atoms with Crippen molar-refractivity contribution < 1.29 is 14.6 Å². The molecule has 0 aliphatic carbocycles. The zero-order chi connectivity index (χ0) is 11.4. The van der Waals surface area contributed by atoms with E-state index < -0.39 is 5.97 Å². The lowest BCUT2D eigenvalue weighted by Crippen LogP contribution is -2.02. The van der Waals surface area contributed by atoms with E-state index in [1.54, 1.807) is 6.07 Å². The Labute approximate surface area is 88.0 Å². The van der Waals surface area contributed by atoms with E-state index in [0.29, 0.717) is 18.0 Å². The molecule has 0 aromatic heterocycles. The summed E-state index contributed by atoms with van der Waals surface area (Å²) in [6.07, 6.45) is 0. The standard InChI is InChI=1S/C11H13NO3/c1-7(2)6-15-10-4-8(11(13)14)3-9(12)5-10/h3-5H,1,6,12H2,2H3,(H,13,14). The van der Waals surface area contributed by atoms with E-state index in [1.807, 2.05) is 6.92 Å². The van der Waals surface area contributed by atoms with Gasteiger partial charge in [-0.3, -0.25) is 0 Å². The zero-order valence-electron chi connectivity index (χ0n) is 8.49. The van der Waals surface area contributed by atoms with Gasteiger partial charge in [-0.05, 0) is 24.6 Å². The molecule has 1 aromatic rings. The Kier molecular flexibility index (Phi) is 3.33. The molecule has 1 aromatic carbocycles. The molecule has 80 valence electrons. The Morgan fingerprint density at radius 3 is 2.73 bits per heavy atom. The van der Waals surface area contributed by atoms with E-state index >= 15 is 0 Å². The van der Waals surface area contributed by atoms with Crippen LogP contribution in [0.1, 0.15) is 17.3 Å². The lowest BCUT2D eigenvalue weighted by molar-refractivity contribution is 0.0696. The van der Waals surface area contributed by atoms with Gasteiger partial charge in [-0.25, -0.2) is 4.79 Å². The van der Waals surface area contributed by atoms with Gasteiger partial charge in [-0.1, -0.05) is 6.58 Å². The molecule has 0 aliphatic rings. The minimum atomic E-state index is -1.03. The van der Waals surface area contributed by atoms with Gasteiger partial charge in [0.2, 0.25) is 0 Å². The molecule has 3 N–H and O–H groups in total. The molecule has 0 saturated carbocycles. The highest BCUT2D eigenvalue weighted by molar-refractivity contribution is 5.89. The van der Waals surface area contributed by atoms with Crippen LogP contribution in [0.15, 0.2) is 30.4 Å². The molecule has 1 rings (SSSR count). The predicted molar refractivity (Wildman–Crippen MR) is 58.1 cm³/mol. The maximum absolute atomic E-state index is 10.7. The summed E-state index contributed by atoms with van der Waals surface area (Å²) in [4.78, 5) is 10.7. The first-order valence-electron chi connectivity index (χ1n) is 4.40. The second-order valence-electron chi connectivity index (χ2n) is 3.34. The molecule has 0 fully saturated rings. The Hall–Kier alpha value is -1.97. The molecule has 0 radical (unpaired) electrons. The summed E-state index contributed by atoms with van der Waals surface area (Å²) in [5, 5.41) is 8.78. The van der Waals surface area contributed by atoms with Crippen LogP contribution in [-0.2, 0) is 0 Å². The maximum atomic E-state index is 10.7. The van der Waals surface area contributed by atoms with Gasteiger partial charge < -0.3 is 15.6 Å². The van der Waals surface area contributed by atoms with Gasteiger partial charge in [0, 0.05) is 11.8 Å². The fourth-order valence-corrected chi connectivity index (χ4v) is 1.04. The van der Waals surface area contributed by atoms with Gasteiger partial charge in [0.25, 0.3) is 0 Å². The minimum absolute atomic E-state index is 0.117. The largest absolute Gasteiger partial charge is 0.489 e. The number of rotatable bonds is 4. The molecule has 0 spiro atoms. The number of carbonyl (C=O) groups is 1. The minimum Gasteiger partial charge on any atom is -0.489 e. The SMILES string of the molecule is C=C(C)COc1cc(N)cc(C(=O)O)c1. The number of carboxylic acids is 1. The lowest BCUT2D eigenvalue weighted by atomic mass is 10.2. The van der Waals surface area contributed by atoms with Crippen LogP contribution in [0.3, 0.4) is 0 Å². The van der Waals surface area contributed by atoms with Crippen molar-refractivity contribution in [2.24, 2.45) is 0 Å². The molecule has 0 aliphatic heterocycles. The van der Waals surface area contributed by atoms with E-state index in [0.717, 1.165) is 5.57 Å². The number of aromatic carboxylic acids is 1. The molecular formula is C11H13NO3. The molecule has 0 saturated heterocycles. The van der Waals surface area contributed by atoms with Gasteiger partial charge in [0.15, 0.2) is 0 Å². The van der Waals surface area contributed by atoms with E-state index in [-0.39, 0.29) is 5.56 Å². The summed E-state index contributed by atoms with van der Waals surface area (Å²) in [6.45, 7) is 5.85. The number of ether oxygens (including phenoxy) is 1. The fraction of sp³-hybridized carbons (Fsp3) is 0.182. The van der Waals surface area contributed by atoms with Crippen LogP contribution in [0.25, 0.3) is 0 Å². The van der Waals surface area contributed by atoms with Crippen LogP contribution in [0.2, 0.25) is 0 Å². The quantitative estimate of drug-likeness (QED) is 0.584. The molecule has 4 heteroatoms. The molecule has 0 amide bonds. The van der Waals surface area contributed by atoms with Crippen LogP contribution in [-0.4, -0.2) is 17.7 Å². The van der Waals surface area contributed by atoms with Crippen molar-refractivity contribution in [1.29, 1.82) is 0 Å². The third kappa shape index (κ3) is 3.34. The van der Waals surface area contributed by atoms with Gasteiger partial charge in [-0.15, -0.1) is 0 Å². The topological polar surface area (TPSA) is 72.5 Å². The van der Waals surface area contributed by atoms with E-state index in [1.165, 1.54) is 12.1 Å². The van der Waals surface area contributed by atoms with Crippen molar-refractivity contribution in [3.63, 3.8) is 0 Å². The monoisotopic (exact) mass is 207 g/mol. The summed E-state index contributed by atoms with van der Waals surface area (Å²) in [6, 6.07) is 4.40. The fourth-order valence-electron chi connectivity index (χ4n) is 1.04. The number of anilines is 1. The van der Waals surface area contributed by atoms with Gasteiger partial charge in [-0.2, -0.15) is 0 Å². The highest BCUT2D eigenvalue weighted by Gasteiger charge is 2.06. The van der Waals surface area contributed by atoms with E-state index in [4.69, 9.17) is 15.6 Å².